The molecule has 1 aromatic carbocycles. The second-order valence-corrected chi connectivity index (χ2v) is 6.27. The summed E-state index contributed by atoms with van der Waals surface area (Å²) in [5.41, 5.74) is 8.44. The van der Waals surface area contributed by atoms with Crippen molar-refractivity contribution < 1.29 is 0 Å². The Kier molecular flexibility index (Phi) is 4.11. The lowest BCUT2D eigenvalue weighted by Gasteiger charge is -2.26. The van der Waals surface area contributed by atoms with Gasteiger partial charge in [0.25, 0.3) is 0 Å². The third-order valence-corrected chi connectivity index (χ3v) is 4.05. The summed E-state index contributed by atoms with van der Waals surface area (Å²) in [6, 6.07) is 11.5. The van der Waals surface area contributed by atoms with Gasteiger partial charge in [0.05, 0.1) is 5.52 Å². The van der Waals surface area contributed by atoms with Gasteiger partial charge in [0.1, 0.15) is 5.82 Å². The molecule has 0 saturated heterocycles. The quantitative estimate of drug-likeness (QED) is 0.882. The number of pyridine rings is 1. The van der Waals surface area contributed by atoms with Crippen molar-refractivity contribution in [2.24, 2.45) is 5.73 Å². The van der Waals surface area contributed by atoms with Crippen LogP contribution in [0.4, 0.5) is 5.82 Å². The largest absolute Gasteiger partial charge is 0.353 e. The Morgan fingerprint density at radius 2 is 2.10 bits per heavy atom. The van der Waals surface area contributed by atoms with Crippen LogP contribution in [0.5, 0.6) is 0 Å². The molecule has 21 heavy (non-hydrogen) atoms. The fourth-order valence-corrected chi connectivity index (χ4v) is 2.98. The Hall–Kier alpha value is -1.61. The van der Waals surface area contributed by atoms with Crippen molar-refractivity contribution in [2.45, 2.75) is 51.6 Å². The number of para-hydroxylation sites is 1. The molecule has 1 aromatic heterocycles. The van der Waals surface area contributed by atoms with E-state index in [4.69, 9.17) is 10.7 Å². The highest BCUT2D eigenvalue weighted by Gasteiger charge is 2.31. The van der Waals surface area contributed by atoms with Gasteiger partial charge in [0.15, 0.2) is 0 Å². The summed E-state index contributed by atoms with van der Waals surface area (Å²) in [4.78, 5) is 7.48. The smallest absolute Gasteiger partial charge is 0.132 e. The van der Waals surface area contributed by atoms with Gasteiger partial charge in [-0.25, -0.2) is 4.98 Å². The van der Waals surface area contributed by atoms with Gasteiger partial charge in [-0.05, 0) is 50.3 Å². The zero-order valence-electron chi connectivity index (χ0n) is 13.0. The van der Waals surface area contributed by atoms with Crippen molar-refractivity contribution in [1.29, 1.82) is 0 Å². The van der Waals surface area contributed by atoms with Crippen molar-refractivity contribution in [3.8, 4) is 0 Å². The van der Waals surface area contributed by atoms with Gasteiger partial charge >= 0.3 is 0 Å². The van der Waals surface area contributed by atoms with Crippen molar-refractivity contribution in [2.75, 3.05) is 11.4 Å². The summed E-state index contributed by atoms with van der Waals surface area (Å²) in [5.74, 6) is 1.16. The number of hydrogen-bond acceptors (Lipinski definition) is 3. The maximum absolute atomic E-state index is 6.06. The minimum Gasteiger partial charge on any atom is -0.353 e. The predicted octanol–water partition coefficient (Wildman–Crippen LogP) is 3.50. The Morgan fingerprint density at radius 1 is 1.33 bits per heavy atom. The molecule has 1 aliphatic rings. The molecular formula is C18H25N3. The zero-order valence-corrected chi connectivity index (χ0v) is 13.0. The second-order valence-electron chi connectivity index (χ2n) is 6.27. The van der Waals surface area contributed by atoms with Gasteiger partial charge in [0.2, 0.25) is 0 Å². The van der Waals surface area contributed by atoms with E-state index in [0.29, 0.717) is 6.04 Å². The monoisotopic (exact) mass is 283 g/mol. The Bertz CT molecular complexity index is 617. The third-order valence-electron chi connectivity index (χ3n) is 4.05. The number of rotatable bonds is 6. The molecule has 3 heteroatoms. The molecule has 2 N–H and O–H groups in total. The first-order chi connectivity index (χ1) is 10.2. The molecule has 1 heterocycles. The molecule has 0 radical (unpaired) electrons. The normalized spacial score (nSPS) is 16.1. The van der Waals surface area contributed by atoms with E-state index in [-0.39, 0.29) is 6.04 Å². The minimum atomic E-state index is 0.161. The Morgan fingerprint density at radius 3 is 2.76 bits per heavy atom. The van der Waals surface area contributed by atoms with Crippen LogP contribution >= 0.6 is 0 Å². The van der Waals surface area contributed by atoms with E-state index in [1.54, 1.807) is 0 Å². The first kappa shape index (κ1) is 14.3. The summed E-state index contributed by atoms with van der Waals surface area (Å²) in [5, 5.41) is 1.21. The van der Waals surface area contributed by atoms with Crippen LogP contribution in [0.2, 0.25) is 0 Å². The van der Waals surface area contributed by atoms with Crippen LogP contribution in [-0.4, -0.2) is 23.6 Å². The van der Waals surface area contributed by atoms with Gasteiger partial charge < -0.3 is 10.6 Å². The second kappa shape index (κ2) is 6.02. The molecule has 0 spiro atoms. The molecule has 3 rings (SSSR count). The average Bonchev–Trinajstić information content (AvgIpc) is 3.28. The fourth-order valence-electron chi connectivity index (χ4n) is 2.98. The molecule has 1 atom stereocenters. The number of hydrogen-bond donors (Lipinski definition) is 1. The minimum absolute atomic E-state index is 0.161. The molecular weight excluding hydrogens is 258 g/mol. The van der Waals surface area contributed by atoms with Crippen LogP contribution in [0.1, 0.15) is 38.7 Å². The molecule has 0 bridgehead atoms. The lowest BCUT2D eigenvalue weighted by atomic mass is 10.0. The Balaban J connectivity index is 2.07. The summed E-state index contributed by atoms with van der Waals surface area (Å²) in [6.45, 7) is 5.39. The van der Waals surface area contributed by atoms with Crippen molar-refractivity contribution in [3.63, 3.8) is 0 Å². The number of anilines is 1. The fraction of sp³-hybridized carbons (Fsp3) is 0.500. The van der Waals surface area contributed by atoms with Crippen molar-refractivity contribution in [3.05, 3.63) is 35.9 Å². The molecule has 1 saturated carbocycles. The van der Waals surface area contributed by atoms with Crippen LogP contribution in [0.3, 0.4) is 0 Å². The summed E-state index contributed by atoms with van der Waals surface area (Å²) in [7, 11) is 0. The standard InChI is InChI=1S/C18H25N3/c1-3-10-21(16-8-9-16)18-15(11-13(2)19)12-14-6-4-5-7-17(14)20-18/h4-7,12-13,16H,3,8-11,19H2,1-2H3. The van der Waals surface area contributed by atoms with Crippen LogP contribution in [-0.2, 0) is 6.42 Å². The van der Waals surface area contributed by atoms with Gasteiger partial charge in [-0.3, -0.25) is 0 Å². The third kappa shape index (κ3) is 3.18. The van der Waals surface area contributed by atoms with Crippen LogP contribution in [0, 0.1) is 0 Å². The van der Waals surface area contributed by atoms with E-state index >= 15 is 0 Å². The lowest BCUT2D eigenvalue weighted by molar-refractivity contribution is 0.712. The Labute approximate surface area is 127 Å². The maximum atomic E-state index is 6.06. The highest BCUT2D eigenvalue weighted by molar-refractivity contribution is 5.82. The maximum Gasteiger partial charge on any atom is 0.132 e. The molecule has 0 aliphatic heterocycles. The highest BCUT2D eigenvalue weighted by atomic mass is 15.2. The van der Waals surface area contributed by atoms with E-state index in [1.807, 2.05) is 0 Å². The van der Waals surface area contributed by atoms with Gasteiger partial charge in [-0.15, -0.1) is 0 Å². The summed E-state index contributed by atoms with van der Waals surface area (Å²) >= 11 is 0. The van der Waals surface area contributed by atoms with E-state index in [2.05, 4.69) is 49.1 Å². The number of fused-ring (bicyclic) bond motifs is 1. The van der Waals surface area contributed by atoms with E-state index in [1.165, 1.54) is 23.8 Å². The molecule has 112 valence electrons. The van der Waals surface area contributed by atoms with Gasteiger partial charge in [0, 0.05) is 24.0 Å². The SMILES string of the molecule is CCCN(c1nc2ccccc2cc1CC(C)N)C1CC1. The molecule has 1 fully saturated rings. The van der Waals surface area contributed by atoms with E-state index < -0.39 is 0 Å². The first-order valence-corrected chi connectivity index (χ1v) is 8.10. The zero-order chi connectivity index (χ0) is 14.8. The lowest BCUT2D eigenvalue weighted by Crippen LogP contribution is -2.30. The topological polar surface area (TPSA) is 42.2 Å². The van der Waals surface area contributed by atoms with Crippen LogP contribution in [0.25, 0.3) is 10.9 Å². The number of aromatic nitrogens is 1. The van der Waals surface area contributed by atoms with E-state index in [0.717, 1.165) is 30.7 Å². The summed E-state index contributed by atoms with van der Waals surface area (Å²) in [6.07, 6.45) is 4.64. The number of nitrogens with two attached hydrogens (primary N) is 1. The van der Waals surface area contributed by atoms with Crippen molar-refractivity contribution in [1.82, 2.24) is 4.98 Å². The van der Waals surface area contributed by atoms with Gasteiger partial charge in [-0.1, -0.05) is 25.1 Å². The average molecular weight is 283 g/mol. The predicted molar refractivity (Wildman–Crippen MR) is 89.8 cm³/mol. The molecule has 0 amide bonds. The molecule has 1 aliphatic carbocycles. The molecule has 1 unspecified atom stereocenters. The van der Waals surface area contributed by atoms with Crippen LogP contribution in [0.15, 0.2) is 30.3 Å². The first-order valence-electron chi connectivity index (χ1n) is 8.10. The summed E-state index contributed by atoms with van der Waals surface area (Å²) < 4.78 is 0. The molecule has 2 aromatic rings. The van der Waals surface area contributed by atoms with Crippen LogP contribution < -0.4 is 10.6 Å². The van der Waals surface area contributed by atoms with Crippen molar-refractivity contribution >= 4 is 16.7 Å². The number of nitrogens with zero attached hydrogens (tertiary/aromatic N) is 2. The highest BCUT2D eigenvalue weighted by Crippen LogP contribution is 2.34. The number of benzene rings is 1. The van der Waals surface area contributed by atoms with Gasteiger partial charge in [-0.2, -0.15) is 0 Å². The molecule has 3 nitrogen and oxygen atoms in total. The van der Waals surface area contributed by atoms with E-state index in [9.17, 15) is 0 Å².